The third kappa shape index (κ3) is 4.49. The SMILES string of the molecule is COC(=O)c1cc(S(=O)(=O)N[C@@H]2CC(C)(C)Oc3cc(OC)ccc32)ccc1Cl. The van der Waals surface area contributed by atoms with Gasteiger partial charge in [0.15, 0.2) is 0 Å². The minimum Gasteiger partial charge on any atom is -0.497 e. The van der Waals surface area contributed by atoms with E-state index in [-0.39, 0.29) is 15.5 Å². The quantitative estimate of drug-likeness (QED) is 0.714. The molecule has 0 amide bonds. The molecular formula is C20H22ClNO6S. The van der Waals surface area contributed by atoms with Gasteiger partial charge in [0, 0.05) is 18.1 Å². The number of hydrogen-bond acceptors (Lipinski definition) is 6. The van der Waals surface area contributed by atoms with Crippen molar-refractivity contribution in [1.29, 1.82) is 0 Å². The normalized spacial score (nSPS) is 17.8. The highest BCUT2D eigenvalue weighted by molar-refractivity contribution is 7.89. The Morgan fingerprint density at radius 1 is 1.21 bits per heavy atom. The van der Waals surface area contributed by atoms with E-state index >= 15 is 0 Å². The fraction of sp³-hybridized carbons (Fsp3) is 0.350. The van der Waals surface area contributed by atoms with Crippen molar-refractivity contribution < 1.29 is 27.4 Å². The predicted octanol–water partition coefficient (Wildman–Crippen LogP) is 3.72. The number of carbonyl (C=O) groups is 1. The van der Waals surface area contributed by atoms with E-state index in [1.807, 2.05) is 13.8 Å². The molecule has 7 nitrogen and oxygen atoms in total. The number of carbonyl (C=O) groups excluding carboxylic acids is 1. The first-order chi connectivity index (χ1) is 13.6. The largest absolute Gasteiger partial charge is 0.497 e. The summed E-state index contributed by atoms with van der Waals surface area (Å²) in [6.45, 7) is 3.77. The van der Waals surface area contributed by atoms with Crippen molar-refractivity contribution in [3.63, 3.8) is 0 Å². The molecule has 9 heteroatoms. The Labute approximate surface area is 175 Å². The summed E-state index contributed by atoms with van der Waals surface area (Å²) >= 11 is 6.00. The molecule has 156 valence electrons. The summed E-state index contributed by atoms with van der Waals surface area (Å²) in [4.78, 5) is 11.8. The number of esters is 1. The molecule has 29 heavy (non-hydrogen) atoms. The maximum absolute atomic E-state index is 13.0. The van der Waals surface area contributed by atoms with Crippen molar-refractivity contribution in [2.75, 3.05) is 14.2 Å². The molecule has 1 aliphatic rings. The fourth-order valence-corrected chi connectivity index (χ4v) is 4.69. The highest BCUT2D eigenvalue weighted by Gasteiger charge is 2.36. The minimum atomic E-state index is -3.95. The number of hydrogen-bond donors (Lipinski definition) is 1. The number of halogens is 1. The van der Waals surface area contributed by atoms with Crippen LogP contribution >= 0.6 is 11.6 Å². The van der Waals surface area contributed by atoms with Crippen LogP contribution in [0.2, 0.25) is 5.02 Å². The molecule has 1 atom stereocenters. The molecule has 0 aromatic heterocycles. The van der Waals surface area contributed by atoms with Crippen molar-refractivity contribution in [3.8, 4) is 11.5 Å². The first-order valence-electron chi connectivity index (χ1n) is 8.83. The fourth-order valence-electron chi connectivity index (χ4n) is 3.26. The van der Waals surface area contributed by atoms with E-state index in [0.717, 1.165) is 0 Å². The Bertz CT molecular complexity index is 1050. The maximum atomic E-state index is 13.0. The summed E-state index contributed by atoms with van der Waals surface area (Å²) in [6.07, 6.45) is 0.420. The van der Waals surface area contributed by atoms with Crippen LogP contribution in [0.25, 0.3) is 0 Å². The van der Waals surface area contributed by atoms with Gasteiger partial charge in [0.25, 0.3) is 0 Å². The molecule has 2 aromatic carbocycles. The molecule has 1 heterocycles. The monoisotopic (exact) mass is 439 g/mol. The molecule has 0 radical (unpaired) electrons. The summed E-state index contributed by atoms with van der Waals surface area (Å²) in [5, 5.41) is 0.112. The second-order valence-electron chi connectivity index (χ2n) is 7.28. The first kappa shape index (κ1) is 21.4. The van der Waals surface area contributed by atoms with E-state index in [9.17, 15) is 13.2 Å². The van der Waals surface area contributed by atoms with Gasteiger partial charge in [0.2, 0.25) is 10.0 Å². The van der Waals surface area contributed by atoms with Crippen LogP contribution in [0.4, 0.5) is 0 Å². The zero-order valence-corrected chi connectivity index (χ0v) is 18.1. The number of fused-ring (bicyclic) bond motifs is 1. The molecule has 0 aliphatic carbocycles. The summed E-state index contributed by atoms with van der Waals surface area (Å²) in [5.41, 5.74) is 0.0920. The standard InChI is InChI=1S/C20H22ClNO6S/c1-20(2)11-17(14-7-5-12(26-3)9-18(14)28-20)22-29(24,25)13-6-8-16(21)15(10-13)19(23)27-4/h5-10,17,22H,11H2,1-4H3/t17-/m1/s1. The average molecular weight is 440 g/mol. The van der Waals surface area contributed by atoms with Crippen LogP contribution in [0.15, 0.2) is 41.3 Å². The number of sulfonamides is 1. The highest BCUT2D eigenvalue weighted by Crippen LogP contribution is 2.41. The molecule has 0 fully saturated rings. The third-order valence-corrected chi connectivity index (χ3v) is 6.43. The zero-order valence-electron chi connectivity index (χ0n) is 16.5. The highest BCUT2D eigenvalue weighted by atomic mass is 35.5. The smallest absolute Gasteiger partial charge is 0.339 e. The van der Waals surface area contributed by atoms with E-state index < -0.39 is 27.6 Å². The van der Waals surface area contributed by atoms with E-state index in [2.05, 4.69) is 9.46 Å². The van der Waals surface area contributed by atoms with Crippen molar-refractivity contribution in [3.05, 3.63) is 52.5 Å². The number of nitrogens with one attached hydrogen (secondary N) is 1. The van der Waals surface area contributed by atoms with Gasteiger partial charge in [-0.1, -0.05) is 17.7 Å². The Hall–Kier alpha value is -2.29. The van der Waals surface area contributed by atoms with Gasteiger partial charge in [-0.2, -0.15) is 0 Å². The lowest BCUT2D eigenvalue weighted by Gasteiger charge is -2.37. The van der Waals surface area contributed by atoms with Crippen LogP contribution in [0, 0.1) is 0 Å². The summed E-state index contributed by atoms with van der Waals surface area (Å²) in [7, 11) is -1.20. The van der Waals surface area contributed by atoms with Crippen LogP contribution in [0.5, 0.6) is 11.5 Å². The van der Waals surface area contributed by atoms with Crippen molar-refractivity contribution >= 4 is 27.6 Å². The zero-order chi connectivity index (χ0) is 21.4. The predicted molar refractivity (Wildman–Crippen MR) is 108 cm³/mol. The molecule has 0 bridgehead atoms. The lowest BCUT2D eigenvalue weighted by Crippen LogP contribution is -2.41. The van der Waals surface area contributed by atoms with Gasteiger partial charge in [0.05, 0.1) is 35.7 Å². The molecule has 2 aromatic rings. The Morgan fingerprint density at radius 3 is 2.59 bits per heavy atom. The Morgan fingerprint density at radius 2 is 1.93 bits per heavy atom. The van der Waals surface area contributed by atoms with E-state index in [1.54, 1.807) is 25.3 Å². The van der Waals surface area contributed by atoms with Gasteiger partial charge in [0.1, 0.15) is 17.1 Å². The first-order valence-corrected chi connectivity index (χ1v) is 10.7. The molecule has 0 saturated heterocycles. The van der Waals surface area contributed by atoms with E-state index in [1.165, 1.54) is 25.3 Å². The third-order valence-electron chi connectivity index (χ3n) is 4.63. The van der Waals surface area contributed by atoms with Crippen molar-refractivity contribution in [1.82, 2.24) is 4.72 Å². The van der Waals surface area contributed by atoms with Gasteiger partial charge in [-0.15, -0.1) is 0 Å². The number of benzene rings is 2. The summed E-state index contributed by atoms with van der Waals surface area (Å²) in [6, 6.07) is 8.64. The van der Waals surface area contributed by atoms with E-state index in [0.29, 0.717) is 23.5 Å². The maximum Gasteiger partial charge on any atom is 0.339 e. The lowest BCUT2D eigenvalue weighted by atomic mass is 9.90. The molecule has 0 saturated carbocycles. The van der Waals surface area contributed by atoms with Gasteiger partial charge in [-0.05, 0) is 38.1 Å². The van der Waals surface area contributed by atoms with Gasteiger partial charge in [-0.3, -0.25) is 0 Å². The average Bonchev–Trinajstić information content (AvgIpc) is 2.65. The molecule has 0 unspecified atom stereocenters. The van der Waals surface area contributed by atoms with Crippen molar-refractivity contribution in [2.45, 2.75) is 36.8 Å². The molecule has 0 spiro atoms. The number of rotatable bonds is 5. The van der Waals surface area contributed by atoms with Gasteiger partial charge in [-0.25, -0.2) is 17.9 Å². The molecular weight excluding hydrogens is 418 g/mol. The van der Waals surface area contributed by atoms with Crippen molar-refractivity contribution in [2.24, 2.45) is 0 Å². The summed E-state index contributed by atoms with van der Waals surface area (Å²) < 4.78 is 44.7. The van der Waals surface area contributed by atoms with Crippen LogP contribution in [0.3, 0.4) is 0 Å². The molecule has 3 rings (SSSR count). The number of methoxy groups -OCH3 is 2. The van der Waals surface area contributed by atoms with E-state index in [4.69, 9.17) is 21.1 Å². The topological polar surface area (TPSA) is 90.9 Å². The lowest BCUT2D eigenvalue weighted by molar-refractivity contribution is 0.0600. The second kappa shape index (κ2) is 7.85. The Balaban J connectivity index is 1.98. The van der Waals surface area contributed by atoms with Crippen LogP contribution in [0.1, 0.15) is 42.2 Å². The Kier molecular flexibility index (Phi) is 5.80. The van der Waals surface area contributed by atoms with Gasteiger partial charge >= 0.3 is 5.97 Å². The van der Waals surface area contributed by atoms with Gasteiger partial charge < -0.3 is 14.2 Å². The number of ether oxygens (including phenoxy) is 3. The second-order valence-corrected chi connectivity index (χ2v) is 9.40. The molecule has 1 N–H and O–H groups in total. The van der Waals surface area contributed by atoms with Crippen LogP contribution < -0.4 is 14.2 Å². The summed E-state index contributed by atoms with van der Waals surface area (Å²) in [5.74, 6) is 0.458. The van der Waals surface area contributed by atoms with Crippen LogP contribution in [-0.4, -0.2) is 34.2 Å². The molecule has 1 aliphatic heterocycles. The van der Waals surface area contributed by atoms with Crippen LogP contribution in [-0.2, 0) is 14.8 Å². The minimum absolute atomic E-state index is 0.0190.